The minimum absolute atomic E-state index is 0.188. The van der Waals surface area contributed by atoms with Gasteiger partial charge in [0, 0.05) is 18.2 Å². The van der Waals surface area contributed by atoms with Crippen LogP contribution in [-0.4, -0.2) is 29.2 Å². The summed E-state index contributed by atoms with van der Waals surface area (Å²) in [4.78, 5) is 8.43. The normalized spacial score (nSPS) is 11.4. The number of hydrogen-bond donors (Lipinski definition) is 2. The summed E-state index contributed by atoms with van der Waals surface area (Å²) in [5.74, 6) is 2.00. The first-order valence-corrected chi connectivity index (χ1v) is 5.95. The molecule has 1 rings (SSSR count). The minimum atomic E-state index is -0.188. The summed E-state index contributed by atoms with van der Waals surface area (Å²) in [6.07, 6.45) is 1.86. The summed E-state index contributed by atoms with van der Waals surface area (Å²) in [6, 6.07) is 1.78. The van der Waals surface area contributed by atoms with Gasteiger partial charge in [-0.15, -0.1) is 0 Å². The Morgan fingerprint density at radius 3 is 2.53 bits per heavy atom. The standard InChI is InChI=1S/C12H22N4O/c1-5-12(13,6-2)8-14-10-7-11(17-4)16-9(3)15-10/h7H,5-6,8,13H2,1-4H3,(H,14,15,16). The third kappa shape index (κ3) is 3.85. The van der Waals surface area contributed by atoms with Crippen molar-refractivity contribution >= 4 is 5.82 Å². The van der Waals surface area contributed by atoms with E-state index in [1.54, 1.807) is 13.2 Å². The molecule has 3 N–H and O–H groups in total. The van der Waals surface area contributed by atoms with E-state index in [1.165, 1.54) is 0 Å². The Morgan fingerprint density at radius 1 is 1.35 bits per heavy atom. The number of nitrogens with two attached hydrogens (primary N) is 1. The predicted molar refractivity (Wildman–Crippen MR) is 69.3 cm³/mol. The quantitative estimate of drug-likeness (QED) is 0.789. The highest BCUT2D eigenvalue weighted by Gasteiger charge is 2.19. The second-order valence-electron chi connectivity index (χ2n) is 4.27. The Hall–Kier alpha value is -1.36. The van der Waals surface area contributed by atoms with Gasteiger partial charge in [0.25, 0.3) is 0 Å². The number of aromatic nitrogens is 2. The minimum Gasteiger partial charge on any atom is -0.481 e. The Balaban J connectivity index is 2.72. The molecular formula is C12H22N4O. The molecule has 1 aromatic rings. The number of hydrogen-bond acceptors (Lipinski definition) is 5. The lowest BCUT2D eigenvalue weighted by Crippen LogP contribution is -2.45. The fourth-order valence-electron chi connectivity index (χ4n) is 1.50. The van der Waals surface area contributed by atoms with Crippen molar-refractivity contribution in [2.75, 3.05) is 19.0 Å². The Bertz CT molecular complexity index is 364. The van der Waals surface area contributed by atoms with Crippen molar-refractivity contribution in [3.8, 4) is 5.88 Å². The van der Waals surface area contributed by atoms with Crippen LogP contribution in [0.25, 0.3) is 0 Å². The molecule has 0 bridgehead atoms. The van der Waals surface area contributed by atoms with Crippen LogP contribution in [0.1, 0.15) is 32.5 Å². The topological polar surface area (TPSA) is 73.1 Å². The van der Waals surface area contributed by atoms with E-state index in [9.17, 15) is 0 Å². The third-order valence-corrected chi connectivity index (χ3v) is 3.05. The third-order valence-electron chi connectivity index (χ3n) is 3.05. The average Bonchev–Trinajstić information content (AvgIpc) is 2.35. The van der Waals surface area contributed by atoms with Crippen molar-refractivity contribution in [1.29, 1.82) is 0 Å². The lowest BCUT2D eigenvalue weighted by Gasteiger charge is -2.27. The van der Waals surface area contributed by atoms with Crippen LogP contribution >= 0.6 is 0 Å². The highest BCUT2D eigenvalue weighted by Crippen LogP contribution is 2.16. The van der Waals surface area contributed by atoms with Crippen molar-refractivity contribution < 1.29 is 4.74 Å². The van der Waals surface area contributed by atoms with Crippen molar-refractivity contribution in [3.63, 3.8) is 0 Å². The Labute approximate surface area is 103 Å². The highest BCUT2D eigenvalue weighted by molar-refractivity contribution is 5.38. The SMILES string of the molecule is CCC(N)(CC)CNc1cc(OC)nc(C)n1. The molecule has 0 aliphatic carbocycles. The van der Waals surface area contributed by atoms with E-state index in [1.807, 2.05) is 6.92 Å². The van der Waals surface area contributed by atoms with Gasteiger partial charge >= 0.3 is 0 Å². The second-order valence-corrected chi connectivity index (χ2v) is 4.27. The molecule has 96 valence electrons. The number of anilines is 1. The lowest BCUT2D eigenvalue weighted by molar-refractivity contribution is 0.395. The van der Waals surface area contributed by atoms with Crippen molar-refractivity contribution in [1.82, 2.24) is 9.97 Å². The van der Waals surface area contributed by atoms with Gasteiger partial charge in [0.15, 0.2) is 0 Å². The van der Waals surface area contributed by atoms with E-state index >= 15 is 0 Å². The molecule has 0 radical (unpaired) electrons. The first kappa shape index (κ1) is 13.7. The summed E-state index contributed by atoms with van der Waals surface area (Å²) in [5, 5.41) is 3.25. The van der Waals surface area contributed by atoms with Gasteiger partial charge in [0.05, 0.1) is 7.11 Å². The van der Waals surface area contributed by atoms with E-state index in [2.05, 4.69) is 29.1 Å². The smallest absolute Gasteiger partial charge is 0.218 e. The van der Waals surface area contributed by atoms with Gasteiger partial charge in [-0.1, -0.05) is 13.8 Å². The van der Waals surface area contributed by atoms with Gasteiger partial charge in [-0.2, -0.15) is 4.98 Å². The molecule has 5 nitrogen and oxygen atoms in total. The zero-order valence-corrected chi connectivity index (χ0v) is 11.1. The van der Waals surface area contributed by atoms with Crippen molar-refractivity contribution in [3.05, 3.63) is 11.9 Å². The molecule has 0 spiro atoms. The number of nitrogens with one attached hydrogen (secondary N) is 1. The van der Waals surface area contributed by atoms with Crippen LogP contribution in [0.2, 0.25) is 0 Å². The number of aryl methyl sites for hydroxylation is 1. The Morgan fingerprint density at radius 2 is 2.00 bits per heavy atom. The molecule has 0 unspecified atom stereocenters. The maximum Gasteiger partial charge on any atom is 0.218 e. The fourth-order valence-corrected chi connectivity index (χ4v) is 1.50. The summed E-state index contributed by atoms with van der Waals surface area (Å²) >= 11 is 0. The van der Waals surface area contributed by atoms with E-state index < -0.39 is 0 Å². The molecule has 1 heterocycles. The molecule has 0 amide bonds. The van der Waals surface area contributed by atoms with E-state index in [4.69, 9.17) is 10.5 Å². The van der Waals surface area contributed by atoms with Crippen LogP contribution in [0.15, 0.2) is 6.07 Å². The maximum absolute atomic E-state index is 6.22. The zero-order chi connectivity index (χ0) is 12.9. The predicted octanol–water partition coefficient (Wildman–Crippen LogP) is 1.72. The lowest BCUT2D eigenvalue weighted by atomic mass is 9.94. The van der Waals surface area contributed by atoms with E-state index in [-0.39, 0.29) is 5.54 Å². The largest absolute Gasteiger partial charge is 0.481 e. The number of ether oxygens (including phenoxy) is 1. The van der Waals surface area contributed by atoms with Gasteiger partial charge in [0.1, 0.15) is 11.6 Å². The van der Waals surface area contributed by atoms with Crippen LogP contribution in [0.3, 0.4) is 0 Å². The van der Waals surface area contributed by atoms with Crippen LogP contribution < -0.4 is 15.8 Å². The molecule has 0 saturated carbocycles. The summed E-state index contributed by atoms with van der Waals surface area (Å²) in [7, 11) is 1.59. The molecule has 0 aromatic carbocycles. The van der Waals surface area contributed by atoms with E-state index in [0.717, 1.165) is 18.7 Å². The van der Waals surface area contributed by atoms with Gasteiger partial charge in [-0.25, -0.2) is 4.98 Å². The van der Waals surface area contributed by atoms with Crippen molar-refractivity contribution in [2.24, 2.45) is 5.73 Å². The maximum atomic E-state index is 6.22. The van der Waals surface area contributed by atoms with Crippen LogP contribution in [-0.2, 0) is 0 Å². The molecule has 0 aliphatic rings. The molecule has 0 atom stereocenters. The average molecular weight is 238 g/mol. The molecule has 0 saturated heterocycles. The zero-order valence-electron chi connectivity index (χ0n) is 11.1. The summed E-state index contributed by atoms with van der Waals surface area (Å²) in [6.45, 7) is 6.72. The van der Waals surface area contributed by atoms with Crippen molar-refractivity contribution in [2.45, 2.75) is 39.2 Å². The van der Waals surface area contributed by atoms with Gasteiger partial charge in [-0.3, -0.25) is 0 Å². The van der Waals surface area contributed by atoms with Gasteiger partial charge in [0.2, 0.25) is 5.88 Å². The molecule has 17 heavy (non-hydrogen) atoms. The fraction of sp³-hybridized carbons (Fsp3) is 0.667. The number of methoxy groups -OCH3 is 1. The first-order chi connectivity index (χ1) is 8.03. The van der Waals surface area contributed by atoms with Gasteiger partial charge in [-0.05, 0) is 19.8 Å². The highest BCUT2D eigenvalue weighted by atomic mass is 16.5. The summed E-state index contributed by atoms with van der Waals surface area (Å²) in [5.41, 5.74) is 6.03. The van der Waals surface area contributed by atoms with E-state index in [0.29, 0.717) is 18.2 Å². The van der Waals surface area contributed by atoms with Crippen LogP contribution in [0.5, 0.6) is 5.88 Å². The van der Waals surface area contributed by atoms with Crippen LogP contribution in [0.4, 0.5) is 5.82 Å². The monoisotopic (exact) mass is 238 g/mol. The van der Waals surface area contributed by atoms with Gasteiger partial charge < -0.3 is 15.8 Å². The van der Waals surface area contributed by atoms with Crippen LogP contribution in [0, 0.1) is 6.92 Å². The molecule has 0 aliphatic heterocycles. The Kier molecular flexibility index (Phi) is 4.69. The molecular weight excluding hydrogens is 216 g/mol. The number of rotatable bonds is 6. The first-order valence-electron chi connectivity index (χ1n) is 5.95. The molecule has 0 fully saturated rings. The molecule has 5 heteroatoms. The summed E-state index contributed by atoms with van der Waals surface area (Å²) < 4.78 is 5.10. The second kappa shape index (κ2) is 5.82. The molecule has 1 aromatic heterocycles. The number of nitrogens with zero attached hydrogens (tertiary/aromatic N) is 2.